The van der Waals surface area contributed by atoms with Crippen molar-refractivity contribution in [1.82, 2.24) is 0 Å². The second kappa shape index (κ2) is 8.19. The minimum absolute atomic E-state index is 0.107. The van der Waals surface area contributed by atoms with Crippen LogP contribution < -0.4 is 20.1 Å². The minimum Gasteiger partial charge on any atom is -0.495 e. The molecular weight excluding hydrogens is 320 g/mol. The van der Waals surface area contributed by atoms with Gasteiger partial charge >= 0.3 is 0 Å². The zero-order valence-electron chi connectivity index (χ0n) is 14.8. The van der Waals surface area contributed by atoms with E-state index in [-0.39, 0.29) is 18.4 Å². The van der Waals surface area contributed by atoms with Crippen molar-refractivity contribution in [3.8, 4) is 11.5 Å². The number of amides is 2. The normalized spacial score (nSPS) is 10.1. The average molecular weight is 342 g/mol. The number of benzene rings is 2. The summed E-state index contributed by atoms with van der Waals surface area (Å²) in [5, 5.41) is 5.39. The molecule has 0 unspecified atom stereocenters. The number of nitrogens with one attached hydrogen (secondary N) is 2. The Labute approximate surface area is 147 Å². The number of hydrogen-bond donors (Lipinski definition) is 2. The summed E-state index contributed by atoms with van der Waals surface area (Å²) in [6.07, 6.45) is 0. The average Bonchev–Trinajstić information content (AvgIpc) is 2.56. The van der Waals surface area contributed by atoms with Gasteiger partial charge in [0.15, 0.2) is 6.61 Å². The molecular formula is C19H22N2O4. The van der Waals surface area contributed by atoms with E-state index < -0.39 is 0 Å². The predicted molar refractivity (Wildman–Crippen MR) is 97.3 cm³/mol. The van der Waals surface area contributed by atoms with Crippen molar-refractivity contribution in [3.63, 3.8) is 0 Å². The molecule has 6 nitrogen and oxygen atoms in total. The highest BCUT2D eigenvalue weighted by molar-refractivity contribution is 5.95. The van der Waals surface area contributed by atoms with Crippen molar-refractivity contribution >= 4 is 23.2 Å². The zero-order valence-corrected chi connectivity index (χ0v) is 14.8. The van der Waals surface area contributed by atoms with Gasteiger partial charge < -0.3 is 20.1 Å². The third kappa shape index (κ3) is 5.24. The molecule has 0 aliphatic carbocycles. The van der Waals surface area contributed by atoms with Gasteiger partial charge in [0.1, 0.15) is 11.5 Å². The molecule has 2 N–H and O–H groups in total. The van der Waals surface area contributed by atoms with Crippen LogP contribution in [0.4, 0.5) is 11.4 Å². The van der Waals surface area contributed by atoms with Crippen molar-refractivity contribution in [1.29, 1.82) is 0 Å². The number of carbonyl (C=O) groups is 2. The van der Waals surface area contributed by atoms with Gasteiger partial charge in [-0.1, -0.05) is 6.07 Å². The molecule has 0 aliphatic heterocycles. The molecule has 0 saturated carbocycles. The fourth-order valence-corrected chi connectivity index (χ4v) is 2.22. The number of methoxy groups -OCH3 is 1. The molecule has 0 aliphatic rings. The Morgan fingerprint density at radius 1 is 1.00 bits per heavy atom. The zero-order chi connectivity index (χ0) is 18.4. The highest BCUT2D eigenvalue weighted by Crippen LogP contribution is 2.27. The minimum atomic E-state index is -0.294. The van der Waals surface area contributed by atoms with Gasteiger partial charge in [0, 0.05) is 12.6 Å². The molecule has 2 aromatic rings. The van der Waals surface area contributed by atoms with Gasteiger partial charge in [-0.15, -0.1) is 0 Å². The molecule has 0 spiro atoms. The van der Waals surface area contributed by atoms with Gasteiger partial charge in [-0.25, -0.2) is 0 Å². The number of carbonyl (C=O) groups excluding carboxylic acids is 2. The van der Waals surface area contributed by atoms with E-state index in [1.807, 2.05) is 32.0 Å². The van der Waals surface area contributed by atoms with Gasteiger partial charge in [-0.2, -0.15) is 0 Å². The van der Waals surface area contributed by atoms with Crippen molar-refractivity contribution in [2.75, 3.05) is 24.4 Å². The second-order valence-electron chi connectivity index (χ2n) is 5.68. The summed E-state index contributed by atoms with van der Waals surface area (Å²) in [4.78, 5) is 23.3. The lowest BCUT2D eigenvalue weighted by Gasteiger charge is -2.12. The number of anilines is 2. The number of aryl methyl sites for hydroxylation is 2. The van der Waals surface area contributed by atoms with E-state index in [4.69, 9.17) is 9.47 Å². The fraction of sp³-hybridized carbons (Fsp3) is 0.263. The van der Waals surface area contributed by atoms with Crippen molar-refractivity contribution in [2.45, 2.75) is 20.8 Å². The summed E-state index contributed by atoms with van der Waals surface area (Å²) in [7, 11) is 1.51. The maximum absolute atomic E-state index is 12.1. The standard InChI is InChI=1S/C19H22N2O4/c1-12-5-7-16(9-13(12)2)25-11-19(23)21-15-6-8-18(24-4)17(10-15)20-14(3)22/h5-10H,11H2,1-4H3,(H,20,22)(H,21,23). The first kappa shape index (κ1) is 18.3. The van der Waals surface area contributed by atoms with Crippen LogP contribution in [0.15, 0.2) is 36.4 Å². The Bertz CT molecular complexity index is 787. The molecule has 0 atom stereocenters. The van der Waals surface area contributed by atoms with Crippen molar-refractivity contribution in [2.24, 2.45) is 0 Å². The predicted octanol–water partition coefficient (Wildman–Crippen LogP) is 3.29. The maximum atomic E-state index is 12.1. The van der Waals surface area contributed by atoms with E-state index in [1.54, 1.807) is 18.2 Å². The molecule has 132 valence electrons. The van der Waals surface area contributed by atoms with Crippen LogP contribution in [-0.4, -0.2) is 25.5 Å². The molecule has 0 bridgehead atoms. The van der Waals surface area contributed by atoms with E-state index in [9.17, 15) is 9.59 Å². The summed E-state index contributed by atoms with van der Waals surface area (Å²) < 4.78 is 10.7. The van der Waals surface area contributed by atoms with Crippen LogP contribution in [0.1, 0.15) is 18.1 Å². The molecule has 2 aromatic carbocycles. The van der Waals surface area contributed by atoms with Crippen LogP contribution in [0.2, 0.25) is 0 Å². The Morgan fingerprint density at radius 2 is 1.76 bits per heavy atom. The number of ether oxygens (including phenoxy) is 2. The Kier molecular flexibility index (Phi) is 6.00. The Morgan fingerprint density at radius 3 is 2.40 bits per heavy atom. The fourth-order valence-electron chi connectivity index (χ4n) is 2.22. The van der Waals surface area contributed by atoms with Gasteiger partial charge in [0.25, 0.3) is 5.91 Å². The highest BCUT2D eigenvalue weighted by atomic mass is 16.5. The summed E-state index contributed by atoms with van der Waals surface area (Å²) >= 11 is 0. The molecule has 0 heterocycles. The molecule has 2 amide bonds. The first-order valence-electron chi connectivity index (χ1n) is 7.84. The smallest absolute Gasteiger partial charge is 0.262 e. The largest absolute Gasteiger partial charge is 0.495 e. The van der Waals surface area contributed by atoms with E-state index in [2.05, 4.69) is 10.6 Å². The summed E-state index contributed by atoms with van der Waals surface area (Å²) in [5.41, 5.74) is 3.30. The summed E-state index contributed by atoms with van der Waals surface area (Å²) in [6.45, 7) is 5.30. The van der Waals surface area contributed by atoms with Gasteiger partial charge in [-0.3, -0.25) is 9.59 Å². The molecule has 25 heavy (non-hydrogen) atoms. The quantitative estimate of drug-likeness (QED) is 0.844. The number of rotatable bonds is 6. The van der Waals surface area contributed by atoms with Crippen LogP contribution in [-0.2, 0) is 9.59 Å². The lowest BCUT2D eigenvalue weighted by Crippen LogP contribution is -2.20. The van der Waals surface area contributed by atoms with E-state index in [0.29, 0.717) is 22.9 Å². The van der Waals surface area contributed by atoms with Gasteiger partial charge in [0.2, 0.25) is 5.91 Å². The van der Waals surface area contributed by atoms with Gasteiger partial charge in [-0.05, 0) is 55.3 Å². The van der Waals surface area contributed by atoms with E-state index in [1.165, 1.54) is 19.6 Å². The molecule has 0 radical (unpaired) electrons. The molecule has 2 rings (SSSR count). The van der Waals surface area contributed by atoms with Crippen molar-refractivity contribution in [3.05, 3.63) is 47.5 Å². The SMILES string of the molecule is COc1ccc(NC(=O)COc2ccc(C)c(C)c2)cc1NC(C)=O. The third-order valence-electron chi connectivity index (χ3n) is 3.64. The summed E-state index contributed by atoms with van der Waals surface area (Å²) in [6, 6.07) is 10.7. The van der Waals surface area contributed by atoms with Crippen LogP contribution >= 0.6 is 0 Å². The molecule has 0 fully saturated rings. The van der Waals surface area contributed by atoms with Crippen molar-refractivity contribution < 1.29 is 19.1 Å². The summed E-state index contributed by atoms with van der Waals surface area (Å²) in [5.74, 6) is 0.642. The third-order valence-corrected chi connectivity index (χ3v) is 3.64. The second-order valence-corrected chi connectivity index (χ2v) is 5.68. The number of hydrogen-bond acceptors (Lipinski definition) is 4. The lowest BCUT2D eigenvalue weighted by molar-refractivity contribution is -0.118. The van der Waals surface area contributed by atoms with Crippen LogP contribution in [0.25, 0.3) is 0 Å². The molecule has 0 aromatic heterocycles. The highest BCUT2D eigenvalue weighted by Gasteiger charge is 2.09. The van der Waals surface area contributed by atoms with E-state index >= 15 is 0 Å². The van der Waals surface area contributed by atoms with Gasteiger partial charge in [0.05, 0.1) is 12.8 Å². The lowest BCUT2D eigenvalue weighted by atomic mass is 10.1. The maximum Gasteiger partial charge on any atom is 0.262 e. The van der Waals surface area contributed by atoms with Crippen LogP contribution in [0.3, 0.4) is 0 Å². The monoisotopic (exact) mass is 342 g/mol. The van der Waals surface area contributed by atoms with E-state index in [0.717, 1.165) is 5.56 Å². The first-order chi connectivity index (χ1) is 11.9. The molecule has 6 heteroatoms. The first-order valence-corrected chi connectivity index (χ1v) is 7.84. The van der Waals surface area contributed by atoms with Crippen LogP contribution in [0.5, 0.6) is 11.5 Å². The Balaban J connectivity index is 1.99. The topological polar surface area (TPSA) is 76.7 Å². The van der Waals surface area contributed by atoms with Crippen LogP contribution in [0, 0.1) is 13.8 Å². The Hall–Kier alpha value is -3.02. The molecule has 0 saturated heterocycles.